The van der Waals surface area contributed by atoms with Gasteiger partial charge in [0.1, 0.15) is 5.82 Å². The van der Waals surface area contributed by atoms with E-state index in [0.717, 1.165) is 17.3 Å². The molecule has 2 aromatic rings. The third-order valence-electron chi connectivity index (χ3n) is 3.95. The van der Waals surface area contributed by atoms with Crippen molar-refractivity contribution in [2.24, 2.45) is 0 Å². The maximum Gasteiger partial charge on any atom is 0.207 e. The van der Waals surface area contributed by atoms with Crippen molar-refractivity contribution >= 4 is 5.95 Å². The van der Waals surface area contributed by atoms with E-state index in [1.807, 2.05) is 23.8 Å². The molecule has 0 aliphatic heterocycles. The molecule has 1 fully saturated rings. The lowest BCUT2D eigenvalue weighted by molar-refractivity contribution is 0.617. The number of aryl methyl sites for hydroxylation is 2. The van der Waals surface area contributed by atoms with Gasteiger partial charge < -0.3 is 5.32 Å². The molecular weight excluding hydrogens is 253 g/mol. The standard InChI is InChI=1S/C16H20FN3/c1-11-7-8-14(9-15(11)17)20-10-12(2)18-16(20)19-13-5-3-4-6-13/h7-10,13H,3-6H2,1-2H3,(H,18,19). The van der Waals surface area contributed by atoms with Crippen molar-refractivity contribution in [3.63, 3.8) is 0 Å². The number of hydrogen-bond acceptors (Lipinski definition) is 2. The summed E-state index contributed by atoms with van der Waals surface area (Å²) in [7, 11) is 0. The van der Waals surface area contributed by atoms with E-state index >= 15 is 0 Å². The average Bonchev–Trinajstić information content (AvgIpc) is 3.03. The highest BCUT2D eigenvalue weighted by molar-refractivity contribution is 5.45. The second-order valence-electron chi connectivity index (χ2n) is 5.64. The first-order valence-corrected chi connectivity index (χ1v) is 7.22. The minimum absolute atomic E-state index is 0.180. The maximum atomic E-state index is 13.8. The molecule has 0 bridgehead atoms. The van der Waals surface area contributed by atoms with Gasteiger partial charge in [0, 0.05) is 12.2 Å². The fourth-order valence-electron chi connectivity index (χ4n) is 2.78. The number of aromatic nitrogens is 2. The molecule has 1 aromatic heterocycles. The largest absolute Gasteiger partial charge is 0.353 e. The number of nitrogens with one attached hydrogen (secondary N) is 1. The van der Waals surface area contributed by atoms with Crippen LogP contribution in [0.3, 0.4) is 0 Å². The Morgan fingerprint density at radius 1 is 1.25 bits per heavy atom. The van der Waals surface area contributed by atoms with E-state index in [1.165, 1.54) is 25.7 Å². The Morgan fingerprint density at radius 3 is 2.70 bits per heavy atom. The summed E-state index contributed by atoms with van der Waals surface area (Å²) in [6.07, 6.45) is 6.87. The van der Waals surface area contributed by atoms with Gasteiger partial charge in [0.15, 0.2) is 0 Å². The number of rotatable bonds is 3. The zero-order chi connectivity index (χ0) is 14.1. The molecule has 0 atom stereocenters. The normalized spacial score (nSPS) is 15.8. The Morgan fingerprint density at radius 2 is 2.00 bits per heavy atom. The number of benzene rings is 1. The van der Waals surface area contributed by atoms with Crippen LogP contribution >= 0.6 is 0 Å². The summed E-state index contributed by atoms with van der Waals surface area (Å²) in [5.74, 6) is 0.637. The lowest BCUT2D eigenvalue weighted by Crippen LogP contribution is -2.17. The van der Waals surface area contributed by atoms with E-state index in [4.69, 9.17) is 0 Å². The van der Waals surface area contributed by atoms with E-state index in [0.29, 0.717) is 11.6 Å². The summed E-state index contributed by atoms with van der Waals surface area (Å²) in [4.78, 5) is 4.53. The molecular formula is C16H20FN3. The number of nitrogens with zero attached hydrogens (tertiary/aromatic N) is 2. The fraction of sp³-hybridized carbons (Fsp3) is 0.438. The van der Waals surface area contributed by atoms with Crippen molar-refractivity contribution < 1.29 is 4.39 Å². The van der Waals surface area contributed by atoms with Gasteiger partial charge in [-0.15, -0.1) is 0 Å². The van der Waals surface area contributed by atoms with E-state index in [-0.39, 0.29) is 5.82 Å². The molecule has 1 N–H and O–H groups in total. The van der Waals surface area contributed by atoms with Crippen LogP contribution in [0, 0.1) is 19.7 Å². The predicted molar refractivity (Wildman–Crippen MR) is 78.9 cm³/mol. The van der Waals surface area contributed by atoms with Crippen molar-refractivity contribution in [3.8, 4) is 5.69 Å². The van der Waals surface area contributed by atoms with Gasteiger partial charge in [0.05, 0.1) is 11.4 Å². The lowest BCUT2D eigenvalue weighted by atomic mass is 10.2. The minimum Gasteiger partial charge on any atom is -0.353 e. The topological polar surface area (TPSA) is 29.9 Å². The zero-order valence-corrected chi connectivity index (χ0v) is 12.0. The number of hydrogen-bond donors (Lipinski definition) is 1. The van der Waals surface area contributed by atoms with Crippen molar-refractivity contribution in [3.05, 3.63) is 41.5 Å². The van der Waals surface area contributed by atoms with Crippen LogP contribution in [-0.2, 0) is 0 Å². The molecule has 1 saturated carbocycles. The Bertz CT molecular complexity index is 612. The van der Waals surface area contributed by atoms with Crippen molar-refractivity contribution in [1.29, 1.82) is 0 Å². The third kappa shape index (κ3) is 2.55. The van der Waals surface area contributed by atoms with Gasteiger partial charge in [-0.2, -0.15) is 0 Å². The highest BCUT2D eigenvalue weighted by Crippen LogP contribution is 2.24. The number of anilines is 1. The van der Waals surface area contributed by atoms with Crippen molar-refractivity contribution in [2.45, 2.75) is 45.6 Å². The molecule has 1 heterocycles. The Kier molecular flexibility index (Phi) is 3.47. The molecule has 1 aromatic carbocycles. The Hall–Kier alpha value is -1.84. The maximum absolute atomic E-state index is 13.8. The summed E-state index contributed by atoms with van der Waals surface area (Å²) in [5, 5.41) is 3.49. The van der Waals surface area contributed by atoms with Crippen molar-refractivity contribution in [1.82, 2.24) is 9.55 Å². The van der Waals surface area contributed by atoms with Gasteiger partial charge in [-0.1, -0.05) is 18.9 Å². The molecule has 1 aliphatic carbocycles. The zero-order valence-electron chi connectivity index (χ0n) is 12.0. The quantitative estimate of drug-likeness (QED) is 0.916. The van der Waals surface area contributed by atoms with E-state index in [9.17, 15) is 4.39 Å². The summed E-state index contributed by atoms with van der Waals surface area (Å²) < 4.78 is 15.7. The molecule has 106 valence electrons. The van der Waals surface area contributed by atoms with Crippen molar-refractivity contribution in [2.75, 3.05) is 5.32 Å². The van der Waals surface area contributed by atoms with E-state index in [2.05, 4.69) is 10.3 Å². The summed E-state index contributed by atoms with van der Waals surface area (Å²) in [6, 6.07) is 5.79. The summed E-state index contributed by atoms with van der Waals surface area (Å²) >= 11 is 0. The minimum atomic E-state index is -0.180. The summed E-state index contributed by atoms with van der Waals surface area (Å²) in [6.45, 7) is 3.73. The van der Waals surface area contributed by atoms with Crippen LogP contribution in [0.4, 0.5) is 10.3 Å². The van der Waals surface area contributed by atoms with Gasteiger partial charge >= 0.3 is 0 Å². The van der Waals surface area contributed by atoms with Crippen LogP contribution in [-0.4, -0.2) is 15.6 Å². The van der Waals surface area contributed by atoms with Gasteiger partial charge in [0.2, 0.25) is 5.95 Å². The molecule has 0 unspecified atom stereocenters. The van der Waals surface area contributed by atoms with Crippen LogP contribution in [0.1, 0.15) is 36.9 Å². The van der Waals surface area contributed by atoms with Crippen LogP contribution < -0.4 is 5.32 Å². The second-order valence-corrected chi connectivity index (χ2v) is 5.64. The smallest absolute Gasteiger partial charge is 0.207 e. The molecule has 0 saturated heterocycles. The second kappa shape index (κ2) is 5.27. The Labute approximate surface area is 118 Å². The van der Waals surface area contributed by atoms with Gasteiger partial charge in [0.25, 0.3) is 0 Å². The van der Waals surface area contributed by atoms with Crippen LogP contribution in [0.15, 0.2) is 24.4 Å². The first-order valence-electron chi connectivity index (χ1n) is 7.22. The lowest BCUT2D eigenvalue weighted by Gasteiger charge is -2.15. The Balaban J connectivity index is 1.93. The van der Waals surface area contributed by atoms with E-state index < -0.39 is 0 Å². The highest BCUT2D eigenvalue weighted by Gasteiger charge is 2.18. The first kappa shape index (κ1) is 13.2. The van der Waals surface area contributed by atoms with Gasteiger partial charge in [-0.05, 0) is 44.4 Å². The van der Waals surface area contributed by atoms with Crippen LogP contribution in [0.25, 0.3) is 5.69 Å². The summed E-state index contributed by atoms with van der Waals surface area (Å²) in [5.41, 5.74) is 2.41. The third-order valence-corrected chi connectivity index (χ3v) is 3.95. The average molecular weight is 273 g/mol. The highest BCUT2D eigenvalue weighted by atomic mass is 19.1. The SMILES string of the molecule is Cc1cn(-c2ccc(C)c(F)c2)c(NC2CCCC2)n1. The molecule has 0 spiro atoms. The van der Waals surface area contributed by atoms with Crippen LogP contribution in [0.5, 0.6) is 0 Å². The predicted octanol–water partition coefficient (Wildman–Crippen LogP) is 3.98. The van der Waals surface area contributed by atoms with E-state index in [1.54, 1.807) is 19.1 Å². The fourth-order valence-corrected chi connectivity index (χ4v) is 2.78. The molecule has 3 rings (SSSR count). The first-order chi connectivity index (χ1) is 9.63. The van der Waals surface area contributed by atoms with Crippen LogP contribution in [0.2, 0.25) is 0 Å². The molecule has 1 aliphatic rings. The number of imidazole rings is 1. The molecule has 0 amide bonds. The van der Waals surface area contributed by atoms with Gasteiger partial charge in [-0.3, -0.25) is 4.57 Å². The molecule has 0 radical (unpaired) electrons. The molecule has 20 heavy (non-hydrogen) atoms. The number of halogens is 1. The molecule has 3 nitrogen and oxygen atoms in total. The monoisotopic (exact) mass is 273 g/mol. The van der Waals surface area contributed by atoms with Gasteiger partial charge in [-0.25, -0.2) is 9.37 Å². The molecule has 4 heteroatoms.